The van der Waals surface area contributed by atoms with Crippen LogP contribution in [0.25, 0.3) is 0 Å². The summed E-state index contributed by atoms with van der Waals surface area (Å²) in [6, 6.07) is 6.77. The molecule has 4 nitrogen and oxygen atoms in total. The summed E-state index contributed by atoms with van der Waals surface area (Å²) in [5.74, 6) is 0.223. The van der Waals surface area contributed by atoms with Gasteiger partial charge in [-0.15, -0.1) is 0 Å². The fraction of sp³-hybridized carbons (Fsp3) is 0.632. The Morgan fingerprint density at radius 1 is 1.25 bits per heavy atom. The molecule has 0 unspecified atom stereocenters. The molecule has 0 bridgehead atoms. The standard InChI is InChI=1S/C19H27FN2O2/c1-14-12-22(13-17(14)21-7-9-24-10-8-21)18(23)19(2,3)15-5-4-6-16(20)11-15/h4-6,11,14,17H,7-10,12-13H2,1-3H3/t14-,17+/m0/s1. The normalized spacial score (nSPS) is 25.9. The lowest BCUT2D eigenvalue weighted by Crippen LogP contribution is -2.48. The molecular weight excluding hydrogens is 307 g/mol. The van der Waals surface area contributed by atoms with Gasteiger partial charge in [0.25, 0.3) is 0 Å². The van der Waals surface area contributed by atoms with Gasteiger partial charge < -0.3 is 9.64 Å². The van der Waals surface area contributed by atoms with Gasteiger partial charge in [0.05, 0.1) is 18.6 Å². The maximum atomic E-state index is 13.6. The van der Waals surface area contributed by atoms with Crippen LogP contribution in [-0.2, 0) is 14.9 Å². The summed E-state index contributed by atoms with van der Waals surface area (Å²) in [7, 11) is 0. The average Bonchev–Trinajstić information content (AvgIpc) is 2.96. The molecule has 2 heterocycles. The third kappa shape index (κ3) is 3.33. The summed E-state index contributed by atoms with van der Waals surface area (Å²) >= 11 is 0. The highest BCUT2D eigenvalue weighted by Crippen LogP contribution is 2.30. The molecule has 0 aromatic heterocycles. The zero-order valence-corrected chi connectivity index (χ0v) is 14.8. The lowest BCUT2D eigenvalue weighted by Gasteiger charge is -2.34. The molecule has 2 aliphatic heterocycles. The summed E-state index contributed by atoms with van der Waals surface area (Å²) in [5.41, 5.74) is 0.0109. The van der Waals surface area contributed by atoms with E-state index in [0.29, 0.717) is 12.0 Å². The van der Waals surface area contributed by atoms with Crippen molar-refractivity contribution in [2.24, 2.45) is 5.92 Å². The summed E-state index contributed by atoms with van der Waals surface area (Å²) in [5, 5.41) is 0. The predicted octanol–water partition coefficient (Wildman–Crippen LogP) is 2.28. The Morgan fingerprint density at radius 2 is 1.96 bits per heavy atom. The van der Waals surface area contributed by atoms with Crippen molar-refractivity contribution in [2.45, 2.75) is 32.2 Å². The molecule has 1 aromatic carbocycles. The molecule has 24 heavy (non-hydrogen) atoms. The number of likely N-dealkylation sites (tertiary alicyclic amines) is 1. The van der Waals surface area contributed by atoms with Crippen molar-refractivity contribution in [3.05, 3.63) is 35.6 Å². The monoisotopic (exact) mass is 334 g/mol. The van der Waals surface area contributed by atoms with Crippen molar-refractivity contribution in [1.29, 1.82) is 0 Å². The van der Waals surface area contributed by atoms with Gasteiger partial charge in [-0.1, -0.05) is 19.1 Å². The molecule has 0 aliphatic carbocycles. The van der Waals surface area contributed by atoms with Crippen LogP contribution < -0.4 is 0 Å². The van der Waals surface area contributed by atoms with E-state index in [9.17, 15) is 9.18 Å². The van der Waals surface area contributed by atoms with Crippen LogP contribution in [0.3, 0.4) is 0 Å². The first kappa shape index (κ1) is 17.4. The number of morpholine rings is 1. The number of hydrogen-bond donors (Lipinski definition) is 0. The first-order chi connectivity index (χ1) is 11.4. The molecular formula is C19H27FN2O2. The second-order valence-corrected chi connectivity index (χ2v) is 7.54. The molecule has 5 heteroatoms. The van der Waals surface area contributed by atoms with Gasteiger partial charge in [0.2, 0.25) is 5.91 Å². The third-order valence-corrected chi connectivity index (χ3v) is 5.46. The minimum absolute atomic E-state index is 0.0794. The van der Waals surface area contributed by atoms with Gasteiger partial charge in [-0.05, 0) is 37.5 Å². The molecule has 2 atom stereocenters. The highest BCUT2D eigenvalue weighted by Gasteiger charge is 2.41. The molecule has 3 rings (SSSR count). The van der Waals surface area contributed by atoms with Crippen molar-refractivity contribution >= 4 is 5.91 Å². The maximum Gasteiger partial charge on any atom is 0.232 e. The van der Waals surface area contributed by atoms with Gasteiger partial charge in [-0.2, -0.15) is 0 Å². The van der Waals surface area contributed by atoms with E-state index >= 15 is 0 Å². The van der Waals surface area contributed by atoms with E-state index in [1.807, 2.05) is 24.8 Å². The molecule has 0 radical (unpaired) electrons. The second-order valence-electron chi connectivity index (χ2n) is 7.54. The zero-order valence-electron chi connectivity index (χ0n) is 14.8. The van der Waals surface area contributed by atoms with Crippen molar-refractivity contribution in [1.82, 2.24) is 9.80 Å². The number of rotatable bonds is 3. The van der Waals surface area contributed by atoms with E-state index in [1.54, 1.807) is 6.07 Å². The molecule has 2 fully saturated rings. The molecule has 1 amide bonds. The van der Waals surface area contributed by atoms with E-state index in [-0.39, 0.29) is 11.7 Å². The van der Waals surface area contributed by atoms with Crippen LogP contribution in [0.4, 0.5) is 4.39 Å². The minimum atomic E-state index is -0.721. The van der Waals surface area contributed by atoms with Crippen LogP contribution >= 0.6 is 0 Å². The topological polar surface area (TPSA) is 32.8 Å². The Labute approximate surface area is 143 Å². The van der Waals surface area contributed by atoms with E-state index in [2.05, 4.69) is 11.8 Å². The Kier molecular flexibility index (Phi) is 4.92. The Morgan fingerprint density at radius 3 is 2.62 bits per heavy atom. The Hall–Kier alpha value is -1.46. The smallest absolute Gasteiger partial charge is 0.232 e. The minimum Gasteiger partial charge on any atom is -0.379 e. The van der Waals surface area contributed by atoms with Gasteiger partial charge in [-0.25, -0.2) is 4.39 Å². The highest BCUT2D eigenvalue weighted by molar-refractivity contribution is 5.87. The van der Waals surface area contributed by atoms with E-state index < -0.39 is 5.41 Å². The second kappa shape index (κ2) is 6.81. The molecule has 2 aliphatic rings. The number of amides is 1. The van der Waals surface area contributed by atoms with Gasteiger partial charge in [-0.3, -0.25) is 9.69 Å². The molecule has 2 saturated heterocycles. The van der Waals surface area contributed by atoms with Crippen LogP contribution in [0.15, 0.2) is 24.3 Å². The molecule has 1 aromatic rings. The fourth-order valence-corrected chi connectivity index (χ4v) is 3.90. The third-order valence-electron chi connectivity index (χ3n) is 5.46. The lowest BCUT2D eigenvalue weighted by molar-refractivity contribution is -0.135. The van der Waals surface area contributed by atoms with E-state index in [4.69, 9.17) is 4.74 Å². The molecule has 0 spiro atoms. The Bertz CT molecular complexity index is 599. The van der Waals surface area contributed by atoms with Crippen LogP contribution in [0.2, 0.25) is 0 Å². The van der Waals surface area contributed by atoms with Crippen molar-refractivity contribution in [3.8, 4) is 0 Å². The molecule has 0 N–H and O–H groups in total. The van der Waals surface area contributed by atoms with Crippen LogP contribution in [0.1, 0.15) is 26.3 Å². The predicted molar refractivity (Wildman–Crippen MR) is 91.4 cm³/mol. The van der Waals surface area contributed by atoms with E-state index in [1.165, 1.54) is 12.1 Å². The summed E-state index contributed by atoms with van der Waals surface area (Å²) in [6.45, 7) is 10.9. The van der Waals surface area contributed by atoms with E-state index in [0.717, 1.165) is 45.0 Å². The van der Waals surface area contributed by atoms with Crippen molar-refractivity contribution in [3.63, 3.8) is 0 Å². The maximum absolute atomic E-state index is 13.6. The number of ether oxygens (including phenoxy) is 1. The first-order valence-electron chi connectivity index (χ1n) is 8.77. The number of hydrogen-bond acceptors (Lipinski definition) is 3. The Balaban J connectivity index is 1.73. The fourth-order valence-electron chi connectivity index (χ4n) is 3.90. The summed E-state index contributed by atoms with van der Waals surface area (Å²) in [6.07, 6.45) is 0. The van der Waals surface area contributed by atoms with Crippen LogP contribution in [0.5, 0.6) is 0 Å². The molecule has 0 saturated carbocycles. The van der Waals surface area contributed by atoms with Gasteiger partial charge in [0, 0.05) is 32.2 Å². The van der Waals surface area contributed by atoms with Crippen LogP contribution in [-0.4, -0.2) is 61.1 Å². The summed E-state index contributed by atoms with van der Waals surface area (Å²) in [4.78, 5) is 17.5. The quantitative estimate of drug-likeness (QED) is 0.850. The summed E-state index contributed by atoms with van der Waals surface area (Å²) < 4.78 is 19.0. The average molecular weight is 334 g/mol. The number of nitrogens with zero attached hydrogens (tertiary/aromatic N) is 2. The first-order valence-corrected chi connectivity index (χ1v) is 8.77. The number of halogens is 1. The van der Waals surface area contributed by atoms with Crippen molar-refractivity contribution < 1.29 is 13.9 Å². The van der Waals surface area contributed by atoms with Crippen molar-refractivity contribution in [2.75, 3.05) is 39.4 Å². The zero-order chi connectivity index (χ0) is 17.3. The number of carbonyl (C=O) groups excluding carboxylic acids is 1. The van der Waals surface area contributed by atoms with Gasteiger partial charge in [0.15, 0.2) is 0 Å². The van der Waals surface area contributed by atoms with Gasteiger partial charge in [0.1, 0.15) is 5.82 Å². The van der Waals surface area contributed by atoms with Gasteiger partial charge >= 0.3 is 0 Å². The molecule has 132 valence electrons. The largest absolute Gasteiger partial charge is 0.379 e. The lowest BCUT2D eigenvalue weighted by atomic mass is 9.83. The highest BCUT2D eigenvalue weighted by atomic mass is 19.1. The number of benzene rings is 1. The SMILES string of the molecule is C[C@H]1CN(C(=O)C(C)(C)c2cccc(F)c2)C[C@H]1N1CCOCC1. The number of carbonyl (C=O) groups is 1. The van der Waals surface area contributed by atoms with Crippen LogP contribution in [0, 0.1) is 11.7 Å².